The van der Waals surface area contributed by atoms with Crippen LogP contribution in [0, 0.1) is 0 Å². The van der Waals surface area contributed by atoms with Crippen molar-refractivity contribution in [1.82, 2.24) is 9.97 Å². The molecule has 3 aromatic carbocycles. The van der Waals surface area contributed by atoms with Crippen LogP contribution in [-0.2, 0) is 0 Å². The second-order valence-corrected chi connectivity index (χ2v) is 5.83. The first-order chi connectivity index (χ1) is 12.7. The number of aromatic amines is 1. The minimum absolute atomic E-state index is 0.209. The van der Waals surface area contributed by atoms with Gasteiger partial charge in [0.2, 0.25) is 0 Å². The molecule has 0 saturated heterocycles. The van der Waals surface area contributed by atoms with Crippen molar-refractivity contribution in [3.8, 4) is 17.1 Å². The second kappa shape index (κ2) is 6.72. The van der Waals surface area contributed by atoms with E-state index in [-0.39, 0.29) is 5.91 Å². The van der Waals surface area contributed by atoms with Crippen molar-refractivity contribution in [1.29, 1.82) is 0 Å². The van der Waals surface area contributed by atoms with E-state index in [4.69, 9.17) is 4.74 Å². The number of methoxy groups -OCH3 is 1. The number of amides is 1. The van der Waals surface area contributed by atoms with Crippen molar-refractivity contribution in [2.45, 2.75) is 0 Å². The SMILES string of the molecule is COc1ccccc1C(=O)Nc1ccc(-c2nc3ccccc3[nH]2)cc1. The smallest absolute Gasteiger partial charge is 0.259 e. The van der Waals surface area contributed by atoms with Crippen LogP contribution in [0.4, 0.5) is 5.69 Å². The van der Waals surface area contributed by atoms with Gasteiger partial charge >= 0.3 is 0 Å². The number of hydrogen-bond donors (Lipinski definition) is 2. The molecule has 0 radical (unpaired) electrons. The lowest BCUT2D eigenvalue weighted by Crippen LogP contribution is -2.13. The number of rotatable bonds is 4. The predicted molar refractivity (Wildman–Crippen MR) is 102 cm³/mol. The van der Waals surface area contributed by atoms with Gasteiger partial charge in [-0.3, -0.25) is 4.79 Å². The van der Waals surface area contributed by atoms with Crippen LogP contribution in [0.15, 0.2) is 72.8 Å². The van der Waals surface area contributed by atoms with Gasteiger partial charge in [0.25, 0.3) is 5.91 Å². The summed E-state index contributed by atoms with van der Waals surface area (Å²) in [6.45, 7) is 0. The van der Waals surface area contributed by atoms with E-state index in [0.717, 1.165) is 22.4 Å². The Kier molecular flexibility index (Phi) is 4.11. The molecular weight excluding hydrogens is 326 g/mol. The molecule has 5 nitrogen and oxygen atoms in total. The summed E-state index contributed by atoms with van der Waals surface area (Å²) in [4.78, 5) is 20.3. The van der Waals surface area contributed by atoms with Gasteiger partial charge in [0.1, 0.15) is 11.6 Å². The number of para-hydroxylation sites is 3. The van der Waals surface area contributed by atoms with Crippen molar-refractivity contribution in [3.05, 3.63) is 78.4 Å². The molecule has 26 heavy (non-hydrogen) atoms. The van der Waals surface area contributed by atoms with E-state index in [0.29, 0.717) is 17.0 Å². The van der Waals surface area contributed by atoms with Gasteiger partial charge in [-0.2, -0.15) is 0 Å². The minimum atomic E-state index is -0.209. The summed E-state index contributed by atoms with van der Waals surface area (Å²) < 4.78 is 5.24. The number of anilines is 1. The summed E-state index contributed by atoms with van der Waals surface area (Å²) in [6, 6.07) is 22.6. The molecule has 0 aliphatic heterocycles. The Bertz CT molecular complexity index is 1040. The molecule has 128 valence electrons. The number of aromatic nitrogens is 2. The van der Waals surface area contributed by atoms with Gasteiger partial charge in [-0.05, 0) is 48.5 Å². The summed E-state index contributed by atoms with van der Waals surface area (Å²) in [7, 11) is 1.55. The van der Waals surface area contributed by atoms with Crippen LogP contribution in [0.2, 0.25) is 0 Å². The number of hydrogen-bond acceptors (Lipinski definition) is 3. The summed E-state index contributed by atoms with van der Waals surface area (Å²) in [5.74, 6) is 1.14. The van der Waals surface area contributed by atoms with Gasteiger partial charge < -0.3 is 15.0 Å². The molecule has 0 atom stereocenters. The van der Waals surface area contributed by atoms with Gasteiger partial charge in [0.15, 0.2) is 0 Å². The first kappa shape index (κ1) is 15.9. The monoisotopic (exact) mass is 343 g/mol. The zero-order valence-corrected chi connectivity index (χ0v) is 14.2. The van der Waals surface area contributed by atoms with Crippen LogP contribution >= 0.6 is 0 Å². The van der Waals surface area contributed by atoms with E-state index in [1.165, 1.54) is 0 Å². The molecule has 0 bridgehead atoms. The summed E-state index contributed by atoms with van der Waals surface area (Å²) in [6.07, 6.45) is 0. The first-order valence-corrected chi connectivity index (χ1v) is 8.24. The zero-order valence-electron chi connectivity index (χ0n) is 14.2. The fourth-order valence-electron chi connectivity index (χ4n) is 2.83. The maximum atomic E-state index is 12.5. The Balaban J connectivity index is 1.55. The molecular formula is C21H17N3O2. The number of fused-ring (bicyclic) bond motifs is 1. The van der Waals surface area contributed by atoms with E-state index in [1.807, 2.05) is 60.7 Å². The maximum Gasteiger partial charge on any atom is 0.259 e. The van der Waals surface area contributed by atoms with Crippen LogP contribution in [0.25, 0.3) is 22.4 Å². The Hall–Kier alpha value is -3.60. The molecule has 0 aliphatic carbocycles. The number of benzene rings is 3. The van der Waals surface area contributed by atoms with E-state index in [1.54, 1.807) is 19.2 Å². The lowest BCUT2D eigenvalue weighted by molar-refractivity contribution is 0.102. The fraction of sp³-hybridized carbons (Fsp3) is 0.0476. The molecule has 1 amide bonds. The third-order valence-corrected chi connectivity index (χ3v) is 4.16. The predicted octanol–water partition coefficient (Wildman–Crippen LogP) is 4.49. The Morgan fingerprint density at radius 1 is 0.962 bits per heavy atom. The molecule has 0 unspecified atom stereocenters. The van der Waals surface area contributed by atoms with Crippen LogP contribution in [0.5, 0.6) is 5.75 Å². The highest BCUT2D eigenvalue weighted by molar-refractivity contribution is 6.06. The molecule has 5 heteroatoms. The van der Waals surface area contributed by atoms with Crippen LogP contribution in [-0.4, -0.2) is 23.0 Å². The number of carbonyl (C=O) groups excluding carboxylic acids is 1. The number of H-pyrrole nitrogens is 1. The van der Waals surface area contributed by atoms with Crippen molar-refractivity contribution < 1.29 is 9.53 Å². The Morgan fingerprint density at radius 3 is 2.46 bits per heavy atom. The number of nitrogens with one attached hydrogen (secondary N) is 2. The van der Waals surface area contributed by atoms with Crippen LogP contribution in [0.3, 0.4) is 0 Å². The number of nitrogens with zero attached hydrogens (tertiary/aromatic N) is 1. The fourth-order valence-corrected chi connectivity index (χ4v) is 2.83. The van der Waals surface area contributed by atoms with E-state index >= 15 is 0 Å². The summed E-state index contributed by atoms with van der Waals surface area (Å²) in [5.41, 5.74) is 4.08. The highest BCUT2D eigenvalue weighted by atomic mass is 16.5. The number of ether oxygens (including phenoxy) is 1. The number of imidazole rings is 1. The summed E-state index contributed by atoms with van der Waals surface area (Å²) in [5, 5.41) is 2.89. The lowest BCUT2D eigenvalue weighted by Gasteiger charge is -2.09. The molecule has 1 aromatic heterocycles. The highest BCUT2D eigenvalue weighted by Gasteiger charge is 2.12. The zero-order chi connectivity index (χ0) is 17.9. The Labute approximate surface area is 150 Å². The lowest BCUT2D eigenvalue weighted by atomic mass is 10.1. The van der Waals surface area contributed by atoms with Crippen LogP contribution in [0.1, 0.15) is 10.4 Å². The first-order valence-electron chi connectivity index (χ1n) is 8.24. The second-order valence-electron chi connectivity index (χ2n) is 5.83. The quantitative estimate of drug-likeness (QED) is 0.574. The van der Waals surface area contributed by atoms with Crippen molar-refractivity contribution in [2.75, 3.05) is 12.4 Å². The number of carbonyl (C=O) groups is 1. The summed E-state index contributed by atoms with van der Waals surface area (Å²) >= 11 is 0. The molecule has 1 heterocycles. The Morgan fingerprint density at radius 2 is 1.69 bits per heavy atom. The minimum Gasteiger partial charge on any atom is -0.496 e. The van der Waals surface area contributed by atoms with Crippen LogP contribution < -0.4 is 10.1 Å². The average molecular weight is 343 g/mol. The molecule has 4 rings (SSSR count). The van der Waals surface area contributed by atoms with Crippen molar-refractivity contribution in [2.24, 2.45) is 0 Å². The normalized spacial score (nSPS) is 10.7. The third kappa shape index (κ3) is 3.02. The highest BCUT2D eigenvalue weighted by Crippen LogP contribution is 2.23. The van der Waals surface area contributed by atoms with Crippen molar-refractivity contribution in [3.63, 3.8) is 0 Å². The molecule has 0 saturated carbocycles. The molecule has 0 aliphatic rings. The van der Waals surface area contributed by atoms with Crippen molar-refractivity contribution >= 4 is 22.6 Å². The largest absolute Gasteiger partial charge is 0.496 e. The van der Waals surface area contributed by atoms with Gasteiger partial charge in [0.05, 0.1) is 23.7 Å². The van der Waals surface area contributed by atoms with Gasteiger partial charge in [-0.15, -0.1) is 0 Å². The maximum absolute atomic E-state index is 12.5. The van der Waals surface area contributed by atoms with Gasteiger partial charge in [0, 0.05) is 11.3 Å². The average Bonchev–Trinajstić information content (AvgIpc) is 3.12. The third-order valence-electron chi connectivity index (χ3n) is 4.16. The molecule has 0 spiro atoms. The van der Waals surface area contributed by atoms with Gasteiger partial charge in [-0.1, -0.05) is 24.3 Å². The van der Waals surface area contributed by atoms with E-state index in [9.17, 15) is 4.79 Å². The van der Waals surface area contributed by atoms with E-state index < -0.39 is 0 Å². The molecule has 2 N–H and O–H groups in total. The molecule has 0 fully saturated rings. The van der Waals surface area contributed by atoms with E-state index in [2.05, 4.69) is 15.3 Å². The standard InChI is InChI=1S/C21H17N3O2/c1-26-19-9-5-2-6-16(19)21(25)22-15-12-10-14(11-13-15)20-23-17-7-3-4-8-18(17)24-20/h2-13H,1H3,(H,22,25)(H,23,24). The molecule has 4 aromatic rings. The van der Waals surface area contributed by atoms with Gasteiger partial charge in [-0.25, -0.2) is 4.98 Å². The topological polar surface area (TPSA) is 67.0 Å².